The molecule has 0 fully saturated rings. The van der Waals surface area contributed by atoms with Crippen molar-refractivity contribution in [2.24, 2.45) is 0 Å². The molecule has 2 aromatic carbocycles. The molecule has 0 aliphatic rings. The molecule has 0 saturated heterocycles. The molecule has 0 atom stereocenters. The molecular weight excluding hydrogens is 472 g/mol. The van der Waals surface area contributed by atoms with Gasteiger partial charge in [-0.05, 0) is 41.8 Å². The predicted octanol–water partition coefficient (Wildman–Crippen LogP) is 4.82. The van der Waals surface area contributed by atoms with E-state index in [2.05, 4.69) is 20.2 Å². The Morgan fingerprint density at radius 1 is 1.09 bits per heavy atom. The van der Waals surface area contributed by atoms with Gasteiger partial charge in [-0.25, -0.2) is 8.42 Å². The van der Waals surface area contributed by atoms with Crippen LogP contribution in [0.1, 0.15) is 12.3 Å². The van der Waals surface area contributed by atoms with Crippen LogP contribution in [-0.2, 0) is 21.2 Å². The summed E-state index contributed by atoms with van der Waals surface area (Å²) in [7, 11) is -3.89. The van der Waals surface area contributed by atoms with E-state index in [1.54, 1.807) is 36.4 Å². The quantitative estimate of drug-likeness (QED) is 0.367. The first-order chi connectivity index (χ1) is 15.4. The summed E-state index contributed by atoms with van der Waals surface area (Å²) in [6.07, 6.45) is 0.358. The fourth-order valence-electron chi connectivity index (χ4n) is 2.79. The smallest absolute Gasteiger partial charge is 0.262 e. The van der Waals surface area contributed by atoms with Crippen LogP contribution in [0.25, 0.3) is 10.7 Å². The van der Waals surface area contributed by atoms with E-state index in [1.165, 1.54) is 23.5 Å². The lowest BCUT2D eigenvalue weighted by Crippen LogP contribution is -2.15. The van der Waals surface area contributed by atoms with Crippen molar-refractivity contribution in [3.05, 3.63) is 77.0 Å². The molecular formula is C21H17ClN4O4S2. The normalized spacial score (nSPS) is 11.3. The van der Waals surface area contributed by atoms with Crippen LogP contribution in [0.4, 0.5) is 11.4 Å². The van der Waals surface area contributed by atoms with Crippen molar-refractivity contribution in [1.82, 2.24) is 10.1 Å². The number of aromatic nitrogens is 2. The number of thiophene rings is 1. The van der Waals surface area contributed by atoms with Crippen LogP contribution < -0.4 is 10.0 Å². The van der Waals surface area contributed by atoms with E-state index in [0.29, 0.717) is 17.4 Å². The van der Waals surface area contributed by atoms with Crippen molar-refractivity contribution in [3.63, 3.8) is 0 Å². The van der Waals surface area contributed by atoms with Crippen LogP contribution in [0.3, 0.4) is 0 Å². The number of sulfonamides is 1. The van der Waals surface area contributed by atoms with Gasteiger partial charge in [0.25, 0.3) is 10.0 Å². The fraction of sp³-hybridized carbons (Fsp3) is 0.0952. The number of para-hydroxylation sites is 1. The van der Waals surface area contributed by atoms with Gasteiger partial charge < -0.3 is 9.84 Å². The van der Waals surface area contributed by atoms with E-state index in [0.717, 1.165) is 4.88 Å². The van der Waals surface area contributed by atoms with Crippen molar-refractivity contribution < 1.29 is 17.7 Å². The highest BCUT2D eigenvalue weighted by Gasteiger charge is 2.17. The van der Waals surface area contributed by atoms with Crippen molar-refractivity contribution >= 4 is 50.2 Å². The Morgan fingerprint density at radius 3 is 2.72 bits per heavy atom. The van der Waals surface area contributed by atoms with E-state index in [1.807, 2.05) is 17.5 Å². The number of nitrogens with zero attached hydrogens (tertiary/aromatic N) is 2. The van der Waals surface area contributed by atoms with Crippen LogP contribution in [-0.4, -0.2) is 24.5 Å². The van der Waals surface area contributed by atoms with Crippen LogP contribution in [0.5, 0.6) is 0 Å². The Balaban J connectivity index is 1.38. The topological polar surface area (TPSA) is 114 Å². The number of aryl methyl sites for hydroxylation is 1. The first-order valence-corrected chi connectivity index (χ1v) is 12.2. The molecule has 11 heteroatoms. The minimum atomic E-state index is -3.89. The molecule has 4 aromatic rings. The number of anilines is 2. The van der Waals surface area contributed by atoms with E-state index < -0.39 is 10.0 Å². The predicted molar refractivity (Wildman–Crippen MR) is 123 cm³/mol. The third-order valence-corrected chi connectivity index (χ3v) is 6.88. The largest absolute Gasteiger partial charge is 0.339 e. The van der Waals surface area contributed by atoms with Gasteiger partial charge >= 0.3 is 0 Å². The molecule has 0 saturated carbocycles. The third-order valence-electron chi connectivity index (χ3n) is 4.32. The van der Waals surface area contributed by atoms with Gasteiger partial charge in [-0.3, -0.25) is 9.52 Å². The number of halogens is 1. The first-order valence-electron chi connectivity index (χ1n) is 9.44. The zero-order valence-electron chi connectivity index (χ0n) is 16.5. The zero-order chi connectivity index (χ0) is 22.6. The van der Waals surface area contributed by atoms with E-state index in [9.17, 15) is 13.2 Å². The van der Waals surface area contributed by atoms with E-state index in [-0.39, 0.29) is 34.4 Å². The molecule has 4 rings (SSSR count). The molecule has 0 unspecified atom stereocenters. The maximum absolute atomic E-state index is 12.7. The first kappa shape index (κ1) is 22.0. The SMILES string of the molecule is O=C(CCc1nc(-c2cccs2)no1)Nc1cccc(S(=O)(=O)Nc2ccccc2Cl)c1. The molecule has 2 aromatic heterocycles. The summed E-state index contributed by atoms with van der Waals surface area (Å²) in [5, 5.41) is 8.79. The van der Waals surface area contributed by atoms with Gasteiger partial charge in [-0.2, -0.15) is 4.98 Å². The highest BCUT2D eigenvalue weighted by atomic mass is 35.5. The van der Waals surface area contributed by atoms with Gasteiger partial charge in [0.2, 0.25) is 17.6 Å². The van der Waals surface area contributed by atoms with Crippen LogP contribution in [0.15, 0.2) is 75.5 Å². The number of carbonyl (C=O) groups is 1. The van der Waals surface area contributed by atoms with Gasteiger partial charge in [-0.15, -0.1) is 11.3 Å². The second-order valence-electron chi connectivity index (χ2n) is 6.65. The second kappa shape index (κ2) is 9.51. The Labute approximate surface area is 193 Å². The lowest BCUT2D eigenvalue weighted by atomic mass is 10.2. The highest BCUT2D eigenvalue weighted by Crippen LogP contribution is 2.25. The van der Waals surface area contributed by atoms with Gasteiger partial charge in [0.1, 0.15) is 0 Å². The molecule has 1 amide bonds. The standard InChI is InChI=1S/C21H17ClN4O4S2/c22-16-7-1-2-8-17(16)26-32(28,29)15-6-3-5-14(13-15)23-19(27)10-11-20-24-21(25-30-20)18-9-4-12-31-18/h1-9,12-13,26H,10-11H2,(H,23,27). The summed E-state index contributed by atoms with van der Waals surface area (Å²) in [5.74, 6) is 0.526. The lowest BCUT2D eigenvalue weighted by molar-refractivity contribution is -0.116. The molecule has 0 spiro atoms. The number of hydrogen-bond donors (Lipinski definition) is 2. The van der Waals surface area contributed by atoms with Crippen molar-refractivity contribution in [2.45, 2.75) is 17.7 Å². The van der Waals surface area contributed by atoms with Gasteiger partial charge in [0.15, 0.2) is 0 Å². The molecule has 164 valence electrons. The molecule has 0 aliphatic carbocycles. The number of benzene rings is 2. The summed E-state index contributed by atoms with van der Waals surface area (Å²) in [6, 6.07) is 16.3. The summed E-state index contributed by atoms with van der Waals surface area (Å²) >= 11 is 7.53. The Kier molecular flexibility index (Phi) is 6.54. The lowest BCUT2D eigenvalue weighted by Gasteiger charge is -2.11. The maximum Gasteiger partial charge on any atom is 0.262 e. The second-order valence-corrected chi connectivity index (χ2v) is 9.69. The molecule has 2 N–H and O–H groups in total. The number of carbonyl (C=O) groups excluding carboxylic acids is 1. The Morgan fingerprint density at radius 2 is 1.94 bits per heavy atom. The van der Waals surface area contributed by atoms with Crippen LogP contribution in [0, 0.1) is 0 Å². The number of amides is 1. The molecule has 0 radical (unpaired) electrons. The number of hydrogen-bond acceptors (Lipinski definition) is 7. The summed E-state index contributed by atoms with van der Waals surface area (Å²) in [5.41, 5.74) is 0.618. The molecule has 2 heterocycles. The Hall–Kier alpha value is -3.21. The fourth-order valence-corrected chi connectivity index (χ4v) is 4.81. The van der Waals surface area contributed by atoms with Crippen molar-refractivity contribution in [3.8, 4) is 10.7 Å². The summed E-state index contributed by atoms with van der Waals surface area (Å²) < 4.78 is 33.0. The highest BCUT2D eigenvalue weighted by molar-refractivity contribution is 7.92. The van der Waals surface area contributed by atoms with Gasteiger partial charge in [0.05, 0.1) is 20.5 Å². The minimum absolute atomic E-state index is 0.00675. The molecule has 0 aliphatic heterocycles. The summed E-state index contributed by atoms with van der Waals surface area (Å²) in [4.78, 5) is 17.5. The van der Waals surface area contributed by atoms with Gasteiger partial charge in [0, 0.05) is 18.5 Å². The average molecular weight is 489 g/mol. The third kappa shape index (κ3) is 5.34. The molecule has 8 nitrogen and oxygen atoms in total. The number of rotatable bonds is 8. The number of nitrogens with one attached hydrogen (secondary N) is 2. The van der Waals surface area contributed by atoms with Crippen molar-refractivity contribution in [2.75, 3.05) is 10.0 Å². The minimum Gasteiger partial charge on any atom is -0.339 e. The molecule has 0 bridgehead atoms. The van der Waals surface area contributed by atoms with E-state index >= 15 is 0 Å². The van der Waals surface area contributed by atoms with Crippen LogP contribution in [0.2, 0.25) is 5.02 Å². The van der Waals surface area contributed by atoms with Crippen LogP contribution >= 0.6 is 22.9 Å². The monoisotopic (exact) mass is 488 g/mol. The van der Waals surface area contributed by atoms with Gasteiger partial charge in [-0.1, -0.05) is 41.0 Å². The maximum atomic E-state index is 12.7. The Bertz CT molecular complexity index is 1340. The average Bonchev–Trinajstić information content (AvgIpc) is 3.46. The van der Waals surface area contributed by atoms with Crippen molar-refractivity contribution in [1.29, 1.82) is 0 Å². The van der Waals surface area contributed by atoms with E-state index in [4.69, 9.17) is 16.1 Å². The zero-order valence-corrected chi connectivity index (χ0v) is 18.9. The molecule has 32 heavy (non-hydrogen) atoms. The summed E-state index contributed by atoms with van der Waals surface area (Å²) in [6.45, 7) is 0.